The number of anilines is 1. The van der Waals surface area contributed by atoms with E-state index in [2.05, 4.69) is 20.6 Å². The van der Waals surface area contributed by atoms with Crippen molar-refractivity contribution in [3.8, 4) is 5.75 Å². The van der Waals surface area contributed by atoms with Gasteiger partial charge in [0.05, 0.1) is 19.3 Å². The standard InChI is InChI=1S/C20H20N4O2/c1-26-18-7-5-15(6-8-18)13-24-20(25)19-12-16(9-11-22-19)23-14-17-4-2-3-10-21-17/h2-12H,13-14H2,1H3,(H,22,23)(H,24,25). The summed E-state index contributed by atoms with van der Waals surface area (Å²) >= 11 is 0. The summed E-state index contributed by atoms with van der Waals surface area (Å²) in [4.78, 5) is 20.7. The van der Waals surface area contributed by atoms with Crippen LogP contribution in [-0.2, 0) is 13.1 Å². The maximum Gasteiger partial charge on any atom is 0.270 e. The molecule has 0 aliphatic heterocycles. The summed E-state index contributed by atoms with van der Waals surface area (Å²) in [6.07, 6.45) is 3.37. The first-order valence-electron chi connectivity index (χ1n) is 8.25. The Morgan fingerprint density at radius 3 is 2.58 bits per heavy atom. The van der Waals surface area contributed by atoms with Crippen molar-refractivity contribution in [3.63, 3.8) is 0 Å². The lowest BCUT2D eigenvalue weighted by Crippen LogP contribution is -2.23. The highest BCUT2D eigenvalue weighted by Crippen LogP contribution is 2.12. The van der Waals surface area contributed by atoms with Crippen molar-refractivity contribution >= 4 is 11.6 Å². The molecule has 26 heavy (non-hydrogen) atoms. The molecule has 0 unspecified atom stereocenters. The first-order valence-corrected chi connectivity index (χ1v) is 8.25. The number of ether oxygens (including phenoxy) is 1. The molecular formula is C20H20N4O2. The molecule has 0 aliphatic rings. The Kier molecular flexibility index (Phi) is 5.77. The first-order chi connectivity index (χ1) is 12.7. The average molecular weight is 348 g/mol. The van der Waals surface area contributed by atoms with E-state index in [4.69, 9.17) is 4.74 Å². The van der Waals surface area contributed by atoms with Crippen LogP contribution in [0.3, 0.4) is 0 Å². The molecule has 0 aliphatic carbocycles. The molecule has 2 N–H and O–H groups in total. The van der Waals surface area contributed by atoms with E-state index in [9.17, 15) is 4.79 Å². The molecule has 6 heteroatoms. The molecular weight excluding hydrogens is 328 g/mol. The molecule has 2 heterocycles. The van der Waals surface area contributed by atoms with Crippen LogP contribution in [0.1, 0.15) is 21.7 Å². The third-order valence-corrected chi connectivity index (χ3v) is 3.80. The van der Waals surface area contributed by atoms with Gasteiger partial charge >= 0.3 is 0 Å². The van der Waals surface area contributed by atoms with E-state index >= 15 is 0 Å². The Morgan fingerprint density at radius 1 is 1.00 bits per heavy atom. The smallest absolute Gasteiger partial charge is 0.270 e. The molecule has 0 radical (unpaired) electrons. The molecule has 0 bridgehead atoms. The molecule has 0 fully saturated rings. The van der Waals surface area contributed by atoms with Crippen LogP contribution in [0.25, 0.3) is 0 Å². The summed E-state index contributed by atoms with van der Waals surface area (Å²) in [6, 6.07) is 16.9. The van der Waals surface area contributed by atoms with Crippen LogP contribution in [0.5, 0.6) is 5.75 Å². The van der Waals surface area contributed by atoms with Crippen LogP contribution in [0.4, 0.5) is 5.69 Å². The van der Waals surface area contributed by atoms with Gasteiger partial charge in [-0.05, 0) is 42.0 Å². The van der Waals surface area contributed by atoms with Gasteiger partial charge in [-0.1, -0.05) is 18.2 Å². The van der Waals surface area contributed by atoms with Gasteiger partial charge in [-0.2, -0.15) is 0 Å². The van der Waals surface area contributed by atoms with Crippen molar-refractivity contribution in [2.45, 2.75) is 13.1 Å². The molecule has 0 saturated carbocycles. The van der Waals surface area contributed by atoms with E-state index in [1.807, 2.05) is 48.5 Å². The summed E-state index contributed by atoms with van der Waals surface area (Å²) in [7, 11) is 1.62. The fourth-order valence-corrected chi connectivity index (χ4v) is 2.38. The fraction of sp³-hybridized carbons (Fsp3) is 0.150. The van der Waals surface area contributed by atoms with Crippen molar-refractivity contribution in [2.75, 3.05) is 12.4 Å². The lowest BCUT2D eigenvalue weighted by atomic mass is 10.2. The van der Waals surface area contributed by atoms with Gasteiger partial charge in [0.2, 0.25) is 0 Å². The van der Waals surface area contributed by atoms with Gasteiger partial charge in [-0.25, -0.2) is 0 Å². The topological polar surface area (TPSA) is 76.1 Å². The van der Waals surface area contributed by atoms with Crippen LogP contribution in [-0.4, -0.2) is 23.0 Å². The number of methoxy groups -OCH3 is 1. The number of hydrogen-bond acceptors (Lipinski definition) is 5. The van der Waals surface area contributed by atoms with Crippen LogP contribution in [0.2, 0.25) is 0 Å². The Balaban J connectivity index is 1.57. The number of carbonyl (C=O) groups is 1. The molecule has 0 spiro atoms. The summed E-state index contributed by atoms with van der Waals surface area (Å²) < 4.78 is 5.12. The maximum absolute atomic E-state index is 12.3. The molecule has 0 atom stereocenters. The van der Waals surface area contributed by atoms with Crippen LogP contribution < -0.4 is 15.4 Å². The number of aromatic nitrogens is 2. The fourth-order valence-electron chi connectivity index (χ4n) is 2.38. The molecule has 0 saturated heterocycles. The number of nitrogens with zero attached hydrogens (tertiary/aromatic N) is 2. The first kappa shape index (κ1) is 17.4. The molecule has 3 rings (SSSR count). The maximum atomic E-state index is 12.3. The lowest BCUT2D eigenvalue weighted by molar-refractivity contribution is 0.0946. The molecule has 3 aromatic rings. The zero-order valence-corrected chi connectivity index (χ0v) is 14.5. The van der Waals surface area contributed by atoms with E-state index in [1.165, 1.54) is 0 Å². The van der Waals surface area contributed by atoms with Crippen molar-refractivity contribution in [1.82, 2.24) is 15.3 Å². The van der Waals surface area contributed by atoms with E-state index < -0.39 is 0 Å². The third kappa shape index (κ3) is 4.80. The highest BCUT2D eigenvalue weighted by atomic mass is 16.5. The van der Waals surface area contributed by atoms with Gasteiger partial charge in [-0.15, -0.1) is 0 Å². The SMILES string of the molecule is COc1ccc(CNC(=O)c2cc(NCc3ccccn3)ccn2)cc1. The summed E-state index contributed by atoms with van der Waals surface area (Å²) in [5.41, 5.74) is 3.10. The van der Waals surface area contributed by atoms with E-state index in [0.717, 1.165) is 22.7 Å². The minimum Gasteiger partial charge on any atom is -0.497 e. The highest BCUT2D eigenvalue weighted by molar-refractivity contribution is 5.93. The van der Waals surface area contributed by atoms with Crippen molar-refractivity contribution in [1.29, 1.82) is 0 Å². The van der Waals surface area contributed by atoms with Crippen molar-refractivity contribution in [3.05, 3.63) is 83.9 Å². The number of pyridine rings is 2. The van der Waals surface area contributed by atoms with E-state index in [1.54, 1.807) is 25.6 Å². The zero-order chi connectivity index (χ0) is 18.2. The van der Waals surface area contributed by atoms with Crippen LogP contribution >= 0.6 is 0 Å². The number of amides is 1. The zero-order valence-electron chi connectivity index (χ0n) is 14.5. The minimum atomic E-state index is -0.220. The Morgan fingerprint density at radius 2 is 1.85 bits per heavy atom. The molecule has 2 aromatic heterocycles. The minimum absolute atomic E-state index is 0.220. The van der Waals surface area contributed by atoms with Gasteiger partial charge in [-0.3, -0.25) is 14.8 Å². The summed E-state index contributed by atoms with van der Waals surface area (Å²) in [6.45, 7) is 1.01. The van der Waals surface area contributed by atoms with Gasteiger partial charge < -0.3 is 15.4 Å². The lowest BCUT2D eigenvalue weighted by Gasteiger charge is -2.09. The Hall–Kier alpha value is -3.41. The number of benzene rings is 1. The average Bonchev–Trinajstić information content (AvgIpc) is 2.72. The largest absolute Gasteiger partial charge is 0.497 e. The molecule has 1 amide bonds. The summed E-state index contributed by atoms with van der Waals surface area (Å²) in [5.74, 6) is 0.565. The number of nitrogens with one attached hydrogen (secondary N) is 2. The number of hydrogen-bond donors (Lipinski definition) is 2. The Labute approximate surface area is 152 Å². The second-order valence-corrected chi connectivity index (χ2v) is 5.64. The quantitative estimate of drug-likeness (QED) is 0.686. The monoisotopic (exact) mass is 348 g/mol. The summed E-state index contributed by atoms with van der Waals surface area (Å²) in [5, 5.41) is 6.12. The highest BCUT2D eigenvalue weighted by Gasteiger charge is 2.08. The van der Waals surface area contributed by atoms with Crippen LogP contribution in [0, 0.1) is 0 Å². The van der Waals surface area contributed by atoms with Gasteiger partial charge in [0.1, 0.15) is 11.4 Å². The molecule has 1 aromatic carbocycles. The van der Waals surface area contributed by atoms with Gasteiger partial charge in [0.25, 0.3) is 5.91 Å². The third-order valence-electron chi connectivity index (χ3n) is 3.80. The number of rotatable bonds is 7. The Bertz CT molecular complexity index is 851. The second-order valence-electron chi connectivity index (χ2n) is 5.64. The van der Waals surface area contributed by atoms with Gasteiger partial charge in [0.15, 0.2) is 0 Å². The van der Waals surface area contributed by atoms with Crippen molar-refractivity contribution < 1.29 is 9.53 Å². The normalized spacial score (nSPS) is 10.2. The van der Waals surface area contributed by atoms with Crippen molar-refractivity contribution in [2.24, 2.45) is 0 Å². The van der Waals surface area contributed by atoms with E-state index in [0.29, 0.717) is 18.8 Å². The second kappa shape index (κ2) is 8.62. The predicted octanol–water partition coefficient (Wildman–Crippen LogP) is 3.03. The number of carbonyl (C=O) groups excluding carboxylic acids is 1. The van der Waals surface area contributed by atoms with Gasteiger partial charge in [0, 0.05) is 24.6 Å². The van der Waals surface area contributed by atoms with Crippen LogP contribution in [0.15, 0.2) is 67.0 Å². The van der Waals surface area contributed by atoms with E-state index in [-0.39, 0.29) is 5.91 Å². The predicted molar refractivity (Wildman–Crippen MR) is 100.0 cm³/mol. The molecule has 6 nitrogen and oxygen atoms in total. The molecule has 132 valence electrons.